The SMILES string of the molecule is CC(Cl)CCC(=Cc1ccccc1)C(=S)c1ccccc1. The van der Waals surface area contributed by atoms with E-state index in [0.29, 0.717) is 0 Å². The molecular formula is C19H19ClS. The summed E-state index contributed by atoms with van der Waals surface area (Å²) in [4.78, 5) is 0.914. The fourth-order valence-corrected chi connectivity index (χ4v) is 2.54. The van der Waals surface area contributed by atoms with Gasteiger partial charge >= 0.3 is 0 Å². The van der Waals surface area contributed by atoms with Crippen molar-refractivity contribution in [1.82, 2.24) is 0 Å². The summed E-state index contributed by atoms with van der Waals surface area (Å²) in [6.07, 6.45) is 4.00. The second kappa shape index (κ2) is 8.11. The van der Waals surface area contributed by atoms with E-state index in [2.05, 4.69) is 30.3 Å². The number of alkyl halides is 1. The van der Waals surface area contributed by atoms with E-state index in [9.17, 15) is 0 Å². The molecule has 0 aromatic heterocycles. The number of hydrogen-bond acceptors (Lipinski definition) is 1. The second-order valence-corrected chi connectivity index (χ2v) is 6.25. The Kier molecular flexibility index (Phi) is 6.16. The Bertz CT molecular complexity index is 600. The third kappa shape index (κ3) is 5.11. The number of thiocarbonyl (C=S) groups is 1. The first-order valence-electron chi connectivity index (χ1n) is 7.16. The van der Waals surface area contributed by atoms with E-state index >= 15 is 0 Å². The molecule has 0 amide bonds. The molecule has 0 nitrogen and oxygen atoms in total. The molecule has 1 unspecified atom stereocenters. The van der Waals surface area contributed by atoms with Crippen molar-refractivity contribution >= 4 is 34.8 Å². The summed E-state index contributed by atoms with van der Waals surface area (Å²) in [6.45, 7) is 2.02. The molecular weight excluding hydrogens is 296 g/mol. The van der Waals surface area contributed by atoms with Crippen LogP contribution in [0.5, 0.6) is 0 Å². The van der Waals surface area contributed by atoms with Gasteiger partial charge in [-0.15, -0.1) is 11.6 Å². The highest BCUT2D eigenvalue weighted by molar-refractivity contribution is 7.81. The van der Waals surface area contributed by atoms with Crippen LogP contribution in [0.15, 0.2) is 66.2 Å². The smallest absolute Gasteiger partial charge is 0.0481 e. The molecule has 2 rings (SSSR count). The van der Waals surface area contributed by atoms with E-state index < -0.39 is 0 Å². The van der Waals surface area contributed by atoms with Gasteiger partial charge in [-0.2, -0.15) is 0 Å². The summed E-state index contributed by atoms with van der Waals surface area (Å²) >= 11 is 11.8. The molecule has 0 aliphatic rings. The lowest BCUT2D eigenvalue weighted by Crippen LogP contribution is -2.04. The predicted octanol–water partition coefficient (Wildman–Crippen LogP) is 5.90. The van der Waals surface area contributed by atoms with Crippen molar-refractivity contribution in [2.75, 3.05) is 0 Å². The van der Waals surface area contributed by atoms with Gasteiger partial charge in [0.15, 0.2) is 0 Å². The van der Waals surface area contributed by atoms with Crippen LogP contribution in [0.2, 0.25) is 0 Å². The van der Waals surface area contributed by atoms with Crippen LogP contribution in [-0.4, -0.2) is 10.2 Å². The summed E-state index contributed by atoms with van der Waals surface area (Å²) in [5.74, 6) is 0. The average molecular weight is 315 g/mol. The van der Waals surface area contributed by atoms with E-state index in [0.717, 1.165) is 23.3 Å². The zero-order valence-electron chi connectivity index (χ0n) is 12.1. The van der Waals surface area contributed by atoms with Crippen LogP contribution >= 0.6 is 23.8 Å². The molecule has 108 valence electrons. The third-order valence-electron chi connectivity index (χ3n) is 3.28. The number of hydrogen-bond donors (Lipinski definition) is 0. The highest BCUT2D eigenvalue weighted by atomic mass is 35.5. The van der Waals surface area contributed by atoms with Gasteiger partial charge in [0.1, 0.15) is 0 Å². The zero-order chi connectivity index (χ0) is 15.1. The Hall–Kier alpha value is -1.44. The van der Waals surface area contributed by atoms with Gasteiger partial charge in [-0.1, -0.05) is 79.0 Å². The van der Waals surface area contributed by atoms with Crippen LogP contribution in [0.3, 0.4) is 0 Å². The van der Waals surface area contributed by atoms with E-state index in [1.54, 1.807) is 0 Å². The molecule has 0 heterocycles. The molecule has 0 spiro atoms. The van der Waals surface area contributed by atoms with Crippen LogP contribution < -0.4 is 0 Å². The van der Waals surface area contributed by atoms with Crippen molar-refractivity contribution in [3.05, 3.63) is 77.4 Å². The highest BCUT2D eigenvalue weighted by Gasteiger charge is 2.09. The number of allylic oxidation sites excluding steroid dienone is 1. The molecule has 2 aromatic carbocycles. The zero-order valence-corrected chi connectivity index (χ0v) is 13.7. The molecule has 0 aliphatic carbocycles. The minimum atomic E-state index is 0.155. The maximum atomic E-state index is 6.11. The maximum Gasteiger partial charge on any atom is 0.0481 e. The predicted molar refractivity (Wildman–Crippen MR) is 97.1 cm³/mol. The largest absolute Gasteiger partial charge is 0.123 e. The first-order chi connectivity index (χ1) is 10.2. The summed E-state index contributed by atoms with van der Waals surface area (Å²) in [5.41, 5.74) is 3.44. The molecule has 0 fully saturated rings. The van der Waals surface area contributed by atoms with Crippen LogP contribution in [0.1, 0.15) is 30.9 Å². The summed E-state index contributed by atoms with van der Waals surface area (Å²) in [7, 11) is 0. The van der Waals surface area contributed by atoms with E-state index in [1.165, 1.54) is 11.1 Å². The lowest BCUT2D eigenvalue weighted by atomic mass is 9.97. The average Bonchev–Trinajstić information content (AvgIpc) is 2.52. The standard InChI is InChI=1S/C19H19ClS/c1-15(20)12-13-18(14-16-8-4-2-5-9-16)19(21)17-10-6-3-7-11-17/h2-11,14-15H,12-13H2,1H3. The minimum Gasteiger partial charge on any atom is -0.123 e. The molecule has 1 atom stereocenters. The van der Waals surface area contributed by atoms with Gasteiger partial charge < -0.3 is 0 Å². The monoisotopic (exact) mass is 314 g/mol. The van der Waals surface area contributed by atoms with Gasteiger partial charge in [0.25, 0.3) is 0 Å². The van der Waals surface area contributed by atoms with Crippen LogP contribution in [0.25, 0.3) is 6.08 Å². The van der Waals surface area contributed by atoms with Crippen molar-refractivity contribution in [3.63, 3.8) is 0 Å². The first kappa shape index (κ1) is 15.9. The minimum absolute atomic E-state index is 0.155. The fraction of sp³-hybridized carbons (Fsp3) is 0.211. The molecule has 2 heteroatoms. The second-order valence-electron chi connectivity index (χ2n) is 5.09. The summed E-state index contributed by atoms with van der Waals surface area (Å²) in [6, 6.07) is 20.5. The molecule has 0 bridgehead atoms. The molecule has 0 N–H and O–H groups in total. The number of benzene rings is 2. The Morgan fingerprint density at radius 1 is 1.05 bits per heavy atom. The molecule has 2 aromatic rings. The lowest BCUT2D eigenvalue weighted by molar-refractivity contribution is 0.814. The van der Waals surface area contributed by atoms with E-state index in [-0.39, 0.29) is 5.38 Å². The summed E-state index contributed by atoms with van der Waals surface area (Å²) < 4.78 is 0. The van der Waals surface area contributed by atoms with Gasteiger partial charge in [0.05, 0.1) is 0 Å². The highest BCUT2D eigenvalue weighted by Crippen LogP contribution is 2.20. The Balaban J connectivity index is 2.28. The molecule has 21 heavy (non-hydrogen) atoms. The van der Waals surface area contributed by atoms with Crippen LogP contribution in [0.4, 0.5) is 0 Å². The number of rotatable bonds is 6. The lowest BCUT2D eigenvalue weighted by Gasteiger charge is -2.11. The fourth-order valence-electron chi connectivity index (χ4n) is 2.13. The van der Waals surface area contributed by atoms with Crippen molar-refractivity contribution in [2.45, 2.75) is 25.1 Å². The normalized spacial score (nSPS) is 13.0. The van der Waals surface area contributed by atoms with Gasteiger partial charge in [-0.25, -0.2) is 0 Å². The third-order valence-corrected chi connectivity index (χ3v) is 4.00. The molecule has 0 saturated carbocycles. The Morgan fingerprint density at radius 3 is 2.19 bits per heavy atom. The molecule has 0 aliphatic heterocycles. The van der Waals surface area contributed by atoms with Crippen molar-refractivity contribution < 1.29 is 0 Å². The maximum absolute atomic E-state index is 6.11. The van der Waals surface area contributed by atoms with Gasteiger partial charge in [0.2, 0.25) is 0 Å². The molecule has 0 radical (unpaired) electrons. The van der Waals surface area contributed by atoms with Gasteiger partial charge in [-0.3, -0.25) is 0 Å². The number of halogens is 1. The first-order valence-corrected chi connectivity index (χ1v) is 8.00. The topological polar surface area (TPSA) is 0 Å². The van der Waals surface area contributed by atoms with Crippen LogP contribution in [0, 0.1) is 0 Å². The Morgan fingerprint density at radius 2 is 1.62 bits per heavy atom. The van der Waals surface area contributed by atoms with Crippen molar-refractivity contribution in [3.8, 4) is 0 Å². The quantitative estimate of drug-likeness (QED) is 0.277. The van der Waals surface area contributed by atoms with E-state index in [1.807, 2.05) is 43.3 Å². The Labute approximate surface area is 137 Å². The van der Waals surface area contributed by atoms with Crippen LogP contribution in [-0.2, 0) is 0 Å². The molecule has 0 saturated heterocycles. The van der Waals surface area contributed by atoms with Gasteiger partial charge in [0, 0.05) is 10.2 Å². The summed E-state index contributed by atoms with van der Waals surface area (Å²) in [5, 5.41) is 0.155. The van der Waals surface area contributed by atoms with Crippen molar-refractivity contribution in [1.29, 1.82) is 0 Å². The van der Waals surface area contributed by atoms with E-state index in [4.69, 9.17) is 23.8 Å². The van der Waals surface area contributed by atoms with Crippen molar-refractivity contribution in [2.24, 2.45) is 0 Å². The van der Waals surface area contributed by atoms with Gasteiger partial charge in [-0.05, 0) is 36.5 Å².